The molecule has 1 amide bonds. The molecule has 0 N–H and O–H groups in total. The summed E-state index contributed by atoms with van der Waals surface area (Å²) < 4.78 is 10.8. The molecular weight excluding hydrogens is 370 g/mol. The summed E-state index contributed by atoms with van der Waals surface area (Å²) in [5.74, 6) is -0.361. The first-order chi connectivity index (χ1) is 14.1. The molecule has 0 bridgehead atoms. The molecule has 1 atom stereocenters. The molecule has 148 valence electrons. The second-order valence-corrected chi connectivity index (χ2v) is 7.14. The van der Waals surface area contributed by atoms with Gasteiger partial charge in [0.1, 0.15) is 0 Å². The number of nitrogens with zero attached hydrogens (tertiary/aromatic N) is 3. The summed E-state index contributed by atoms with van der Waals surface area (Å²) in [4.78, 5) is 26.4. The number of amides is 1. The van der Waals surface area contributed by atoms with E-state index in [-0.39, 0.29) is 24.8 Å². The van der Waals surface area contributed by atoms with Gasteiger partial charge in [0.25, 0.3) is 5.89 Å². The number of aryl methyl sites for hydroxylation is 1. The van der Waals surface area contributed by atoms with Crippen LogP contribution in [0.3, 0.4) is 0 Å². The zero-order valence-corrected chi connectivity index (χ0v) is 16.1. The van der Waals surface area contributed by atoms with Crippen molar-refractivity contribution in [1.29, 1.82) is 0 Å². The van der Waals surface area contributed by atoms with Gasteiger partial charge in [-0.05, 0) is 24.6 Å². The lowest BCUT2D eigenvalue weighted by Crippen LogP contribution is -2.26. The Morgan fingerprint density at radius 1 is 1.14 bits per heavy atom. The fourth-order valence-corrected chi connectivity index (χ4v) is 3.26. The highest BCUT2D eigenvalue weighted by Crippen LogP contribution is 2.22. The first kappa shape index (κ1) is 18.9. The van der Waals surface area contributed by atoms with Crippen LogP contribution < -0.4 is 0 Å². The van der Waals surface area contributed by atoms with Crippen molar-refractivity contribution in [2.45, 2.75) is 26.5 Å². The number of carbonyl (C=O) groups excluding carboxylic acids is 2. The van der Waals surface area contributed by atoms with Crippen LogP contribution in [0.4, 0.5) is 0 Å². The normalized spacial score (nSPS) is 16.2. The molecule has 1 saturated heterocycles. The summed E-state index contributed by atoms with van der Waals surface area (Å²) in [7, 11) is 0. The van der Waals surface area contributed by atoms with Gasteiger partial charge in [0.15, 0.2) is 6.61 Å². The minimum atomic E-state index is -0.482. The predicted octanol–water partition coefficient (Wildman–Crippen LogP) is 3.14. The molecular formula is C22H21N3O4. The van der Waals surface area contributed by atoms with E-state index in [0.717, 1.165) is 11.1 Å². The lowest BCUT2D eigenvalue weighted by Gasteiger charge is -2.16. The van der Waals surface area contributed by atoms with Crippen molar-refractivity contribution in [3.05, 3.63) is 71.6 Å². The van der Waals surface area contributed by atoms with Gasteiger partial charge in [0.2, 0.25) is 11.8 Å². The van der Waals surface area contributed by atoms with E-state index < -0.39 is 11.9 Å². The van der Waals surface area contributed by atoms with Gasteiger partial charge in [-0.1, -0.05) is 48.0 Å². The predicted molar refractivity (Wildman–Crippen MR) is 104 cm³/mol. The van der Waals surface area contributed by atoms with Crippen molar-refractivity contribution < 1.29 is 18.7 Å². The Balaban J connectivity index is 1.31. The maximum Gasteiger partial charge on any atom is 0.311 e. The molecule has 3 aromatic rings. The first-order valence-electron chi connectivity index (χ1n) is 9.46. The number of benzene rings is 2. The number of carbonyl (C=O) groups is 2. The van der Waals surface area contributed by atoms with E-state index in [1.165, 1.54) is 5.56 Å². The molecule has 0 spiro atoms. The van der Waals surface area contributed by atoms with Crippen LogP contribution in [-0.2, 0) is 27.5 Å². The summed E-state index contributed by atoms with van der Waals surface area (Å²) in [6, 6.07) is 17.4. The molecule has 29 heavy (non-hydrogen) atoms. The average Bonchev–Trinajstić information content (AvgIpc) is 3.36. The number of likely N-dealkylation sites (tertiary alicyclic amines) is 1. The molecule has 2 aromatic carbocycles. The van der Waals surface area contributed by atoms with E-state index in [9.17, 15) is 9.59 Å². The number of hydrogen-bond acceptors (Lipinski definition) is 6. The van der Waals surface area contributed by atoms with Crippen LogP contribution in [0.2, 0.25) is 0 Å². The van der Waals surface area contributed by atoms with Crippen LogP contribution in [-0.4, -0.2) is 33.5 Å². The Labute approximate surface area is 168 Å². The molecule has 2 heterocycles. The smallest absolute Gasteiger partial charge is 0.311 e. The van der Waals surface area contributed by atoms with Crippen LogP contribution in [0.5, 0.6) is 0 Å². The number of ether oxygens (including phenoxy) is 1. The number of aromatic nitrogens is 2. The van der Waals surface area contributed by atoms with Crippen LogP contribution in [0, 0.1) is 12.8 Å². The summed E-state index contributed by atoms with van der Waals surface area (Å²) in [5.41, 5.74) is 3.00. The fourth-order valence-electron chi connectivity index (χ4n) is 3.26. The fraction of sp³-hybridized carbons (Fsp3) is 0.273. The van der Waals surface area contributed by atoms with Gasteiger partial charge < -0.3 is 14.1 Å². The van der Waals surface area contributed by atoms with Crippen molar-refractivity contribution in [2.24, 2.45) is 5.92 Å². The topological polar surface area (TPSA) is 85.5 Å². The second kappa shape index (κ2) is 8.26. The van der Waals surface area contributed by atoms with Gasteiger partial charge in [0.05, 0.1) is 5.92 Å². The Bertz CT molecular complexity index is 998. The van der Waals surface area contributed by atoms with Gasteiger partial charge >= 0.3 is 5.97 Å². The van der Waals surface area contributed by atoms with Gasteiger partial charge in [-0.3, -0.25) is 9.59 Å². The standard InChI is InChI=1S/C22H21N3O4/c1-15-7-9-16(10-8-15)12-25-13-18(11-20(25)26)22(27)28-14-19-23-24-21(29-19)17-5-3-2-4-6-17/h2-10,18H,11-14H2,1H3/t18-/m0/s1. The lowest BCUT2D eigenvalue weighted by molar-refractivity contribution is -0.150. The third-order valence-corrected chi connectivity index (χ3v) is 4.87. The summed E-state index contributed by atoms with van der Waals surface area (Å²) in [6.45, 7) is 2.75. The molecule has 0 aliphatic carbocycles. The zero-order valence-electron chi connectivity index (χ0n) is 16.1. The molecule has 7 nitrogen and oxygen atoms in total. The van der Waals surface area contributed by atoms with Crippen molar-refractivity contribution in [1.82, 2.24) is 15.1 Å². The van der Waals surface area contributed by atoms with Crippen LogP contribution in [0.1, 0.15) is 23.4 Å². The third-order valence-electron chi connectivity index (χ3n) is 4.87. The van der Waals surface area contributed by atoms with Gasteiger partial charge in [0, 0.05) is 25.1 Å². The lowest BCUT2D eigenvalue weighted by atomic mass is 10.1. The maximum absolute atomic E-state index is 12.4. The Morgan fingerprint density at radius 2 is 1.90 bits per heavy atom. The highest BCUT2D eigenvalue weighted by Gasteiger charge is 2.35. The van der Waals surface area contributed by atoms with Crippen LogP contribution in [0.25, 0.3) is 11.5 Å². The Kier molecular flexibility index (Phi) is 5.37. The highest BCUT2D eigenvalue weighted by molar-refractivity contribution is 5.86. The average molecular weight is 391 g/mol. The van der Waals surface area contributed by atoms with Crippen LogP contribution >= 0.6 is 0 Å². The Hall–Kier alpha value is -3.48. The minimum absolute atomic E-state index is 0.0447. The van der Waals surface area contributed by atoms with Gasteiger partial charge in [-0.2, -0.15) is 0 Å². The van der Waals surface area contributed by atoms with E-state index >= 15 is 0 Å². The molecule has 1 aliphatic rings. The van der Waals surface area contributed by atoms with E-state index in [1.54, 1.807) is 4.90 Å². The van der Waals surface area contributed by atoms with Crippen molar-refractivity contribution in [2.75, 3.05) is 6.54 Å². The van der Waals surface area contributed by atoms with Gasteiger partial charge in [-0.15, -0.1) is 10.2 Å². The van der Waals surface area contributed by atoms with Crippen molar-refractivity contribution in [3.63, 3.8) is 0 Å². The number of rotatable bonds is 6. The quantitative estimate of drug-likeness (QED) is 0.600. The molecule has 0 saturated carbocycles. The summed E-state index contributed by atoms with van der Waals surface area (Å²) in [6.07, 6.45) is 0.157. The van der Waals surface area contributed by atoms with E-state index in [1.807, 2.05) is 61.5 Å². The summed E-state index contributed by atoms with van der Waals surface area (Å²) >= 11 is 0. The zero-order chi connectivity index (χ0) is 20.2. The van der Waals surface area contributed by atoms with Gasteiger partial charge in [-0.25, -0.2) is 0 Å². The third kappa shape index (κ3) is 4.51. The minimum Gasteiger partial charge on any atom is -0.455 e. The van der Waals surface area contributed by atoms with E-state index in [0.29, 0.717) is 19.0 Å². The number of esters is 1. The highest BCUT2D eigenvalue weighted by atomic mass is 16.5. The molecule has 7 heteroatoms. The number of hydrogen-bond donors (Lipinski definition) is 0. The van der Waals surface area contributed by atoms with Crippen LogP contribution in [0.15, 0.2) is 59.0 Å². The molecule has 0 radical (unpaired) electrons. The molecule has 1 aromatic heterocycles. The molecule has 1 aliphatic heterocycles. The second-order valence-electron chi connectivity index (χ2n) is 7.14. The van der Waals surface area contributed by atoms with Crippen molar-refractivity contribution >= 4 is 11.9 Å². The maximum atomic E-state index is 12.4. The molecule has 4 rings (SSSR count). The SMILES string of the molecule is Cc1ccc(CN2C[C@@H](C(=O)OCc3nnc(-c4ccccc4)o3)CC2=O)cc1. The molecule has 0 unspecified atom stereocenters. The first-order valence-corrected chi connectivity index (χ1v) is 9.46. The summed E-state index contributed by atoms with van der Waals surface area (Å²) in [5, 5.41) is 7.88. The largest absolute Gasteiger partial charge is 0.455 e. The van der Waals surface area contributed by atoms with E-state index in [4.69, 9.17) is 9.15 Å². The van der Waals surface area contributed by atoms with Crippen molar-refractivity contribution in [3.8, 4) is 11.5 Å². The molecule has 1 fully saturated rings. The van der Waals surface area contributed by atoms with E-state index in [2.05, 4.69) is 10.2 Å². The monoisotopic (exact) mass is 391 g/mol. The Morgan fingerprint density at radius 3 is 2.66 bits per heavy atom.